The predicted octanol–water partition coefficient (Wildman–Crippen LogP) is 3.16. The molecule has 1 aromatic rings. The molecule has 0 radical (unpaired) electrons. The van der Waals surface area contributed by atoms with Crippen molar-refractivity contribution < 1.29 is 14.2 Å². The van der Waals surface area contributed by atoms with Crippen molar-refractivity contribution in [3.05, 3.63) is 23.8 Å². The van der Waals surface area contributed by atoms with Crippen molar-refractivity contribution in [2.45, 2.75) is 33.2 Å². The molecule has 114 valence electrons. The SMILES string of the molecule is COc1ccc(OC)c(C(N)COCCC(C)(C)C)c1. The van der Waals surface area contributed by atoms with Crippen LogP contribution in [0.15, 0.2) is 18.2 Å². The molecule has 2 N–H and O–H groups in total. The smallest absolute Gasteiger partial charge is 0.123 e. The van der Waals surface area contributed by atoms with Gasteiger partial charge in [-0.1, -0.05) is 20.8 Å². The van der Waals surface area contributed by atoms with Crippen LogP contribution in [0.2, 0.25) is 0 Å². The summed E-state index contributed by atoms with van der Waals surface area (Å²) in [6.45, 7) is 7.77. The maximum atomic E-state index is 6.18. The van der Waals surface area contributed by atoms with Gasteiger partial charge in [-0.15, -0.1) is 0 Å². The summed E-state index contributed by atoms with van der Waals surface area (Å²) in [6, 6.07) is 5.40. The Balaban J connectivity index is 2.60. The Labute approximate surface area is 122 Å². The van der Waals surface area contributed by atoms with Crippen LogP contribution in [0, 0.1) is 5.41 Å². The van der Waals surface area contributed by atoms with Gasteiger partial charge in [0.25, 0.3) is 0 Å². The minimum absolute atomic E-state index is 0.222. The third-order valence-corrected chi connectivity index (χ3v) is 3.13. The van der Waals surface area contributed by atoms with Gasteiger partial charge in [-0.3, -0.25) is 0 Å². The molecular formula is C16H27NO3. The van der Waals surface area contributed by atoms with Crippen LogP contribution in [0.25, 0.3) is 0 Å². The molecule has 0 amide bonds. The molecule has 1 aromatic carbocycles. The van der Waals surface area contributed by atoms with Gasteiger partial charge in [0.05, 0.1) is 26.9 Å². The van der Waals surface area contributed by atoms with Gasteiger partial charge in [0, 0.05) is 12.2 Å². The Morgan fingerprint density at radius 3 is 2.40 bits per heavy atom. The van der Waals surface area contributed by atoms with Crippen LogP contribution in [-0.2, 0) is 4.74 Å². The number of hydrogen-bond donors (Lipinski definition) is 1. The third kappa shape index (κ3) is 5.39. The van der Waals surface area contributed by atoms with Crippen LogP contribution in [0.1, 0.15) is 38.8 Å². The van der Waals surface area contributed by atoms with E-state index in [1.807, 2.05) is 18.2 Å². The standard InChI is InChI=1S/C16H27NO3/c1-16(2,3)8-9-20-11-14(17)13-10-12(18-4)6-7-15(13)19-5/h6-7,10,14H,8-9,11,17H2,1-5H3. The number of methoxy groups -OCH3 is 2. The third-order valence-electron chi connectivity index (χ3n) is 3.13. The van der Waals surface area contributed by atoms with Crippen LogP contribution in [0.4, 0.5) is 0 Å². The number of ether oxygens (including phenoxy) is 3. The van der Waals surface area contributed by atoms with Crippen LogP contribution in [0.3, 0.4) is 0 Å². The molecule has 0 saturated heterocycles. The van der Waals surface area contributed by atoms with Crippen molar-refractivity contribution in [2.24, 2.45) is 11.1 Å². The molecular weight excluding hydrogens is 254 g/mol. The molecule has 0 heterocycles. The van der Waals surface area contributed by atoms with Gasteiger partial charge < -0.3 is 19.9 Å². The highest BCUT2D eigenvalue weighted by Crippen LogP contribution is 2.28. The van der Waals surface area contributed by atoms with Crippen molar-refractivity contribution in [1.29, 1.82) is 0 Å². The van der Waals surface area contributed by atoms with E-state index in [9.17, 15) is 0 Å². The summed E-state index contributed by atoms with van der Waals surface area (Å²) >= 11 is 0. The van der Waals surface area contributed by atoms with E-state index in [0.717, 1.165) is 23.5 Å². The Morgan fingerprint density at radius 1 is 1.15 bits per heavy atom. The van der Waals surface area contributed by atoms with Gasteiger partial charge in [0.1, 0.15) is 11.5 Å². The summed E-state index contributed by atoms with van der Waals surface area (Å²) in [5, 5.41) is 0. The maximum Gasteiger partial charge on any atom is 0.123 e. The van der Waals surface area contributed by atoms with Gasteiger partial charge in [-0.2, -0.15) is 0 Å². The van der Waals surface area contributed by atoms with Crippen molar-refractivity contribution >= 4 is 0 Å². The molecule has 20 heavy (non-hydrogen) atoms. The molecule has 0 saturated carbocycles. The molecule has 1 rings (SSSR count). The summed E-state index contributed by atoms with van der Waals surface area (Å²) in [7, 11) is 3.27. The maximum absolute atomic E-state index is 6.18. The van der Waals surface area contributed by atoms with Gasteiger partial charge in [-0.25, -0.2) is 0 Å². The number of rotatable bonds is 7. The number of hydrogen-bond acceptors (Lipinski definition) is 4. The number of nitrogens with two attached hydrogens (primary N) is 1. The normalized spacial score (nSPS) is 13.1. The zero-order chi connectivity index (χ0) is 15.2. The van der Waals surface area contributed by atoms with Gasteiger partial charge in [-0.05, 0) is 30.0 Å². The second-order valence-corrected chi connectivity index (χ2v) is 6.10. The second-order valence-electron chi connectivity index (χ2n) is 6.10. The van der Waals surface area contributed by atoms with E-state index in [1.54, 1.807) is 14.2 Å². The highest BCUT2D eigenvalue weighted by atomic mass is 16.5. The number of benzene rings is 1. The second kappa shape index (κ2) is 7.50. The van der Waals surface area contributed by atoms with Crippen molar-refractivity contribution in [1.82, 2.24) is 0 Å². The van der Waals surface area contributed by atoms with E-state index >= 15 is 0 Å². The molecule has 0 spiro atoms. The van der Waals surface area contributed by atoms with E-state index in [-0.39, 0.29) is 11.5 Å². The summed E-state index contributed by atoms with van der Waals surface area (Å²) in [5.74, 6) is 1.53. The molecule has 4 nitrogen and oxygen atoms in total. The van der Waals surface area contributed by atoms with Gasteiger partial charge in [0.2, 0.25) is 0 Å². The quantitative estimate of drug-likeness (QED) is 0.780. The molecule has 4 heteroatoms. The molecule has 0 aliphatic rings. The van der Waals surface area contributed by atoms with E-state index in [2.05, 4.69) is 20.8 Å². The first kappa shape index (κ1) is 16.8. The predicted molar refractivity (Wildman–Crippen MR) is 81.4 cm³/mol. The summed E-state index contributed by atoms with van der Waals surface area (Å²) in [4.78, 5) is 0. The Kier molecular flexibility index (Phi) is 6.30. The molecule has 0 aromatic heterocycles. The molecule has 1 unspecified atom stereocenters. The van der Waals surface area contributed by atoms with E-state index in [1.165, 1.54) is 0 Å². The van der Waals surface area contributed by atoms with E-state index in [4.69, 9.17) is 19.9 Å². The molecule has 0 aliphatic carbocycles. The first-order valence-electron chi connectivity index (χ1n) is 6.92. The van der Waals surface area contributed by atoms with Crippen molar-refractivity contribution in [3.63, 3.8) is 0 Å². The van der Waals surface area contributed by atoms with Gasteiger partial charge >= 0.3 is 0 Å². The summed E-state index contributed by atoms with van der Waals surface area (Å²) in [5.41, 5.74) is 7.36. The fraction of sp³-hybridized carbons (Fsp3) is 0.625. The molecule has 1 atom stereocenters. The highest BCUT2D eigenvalue weighted by Gasteiger charge is 2.15. The van der Waals surface area contributed by atoms with Crippen LogP contribution in [-0.4, -0.2) is 27.4 Å². The fourth-order valence-electron chi connectivity index (χ4n) is 1.81. The summed E-state index contributed by atoms with van der Waals surface area (Å²) < 4.78 is 16.2. The van der Waals surface area contributed by atoms with Crippen molar-refractivity contribution in [2.75, 3.05) is 27.4 Å². The lowest BCUT2D eigenvalue weighted by Gasteiger charge is -2.20. The highest BCUT2D eigenvalue weighted by molar-refractivity contribution is 5.42. The summed E-state index contributed by atoms with van der Waals surface area (Å²) in [6.07, 6.45) is 1.01. The van der Waals surface area contributed by atoms with Crippen LogP contribution < -0.4 is 15.2 Å². The molecule has 0 bridgehead atoms. The largest absolute Gasteiger partial charge is 0.497 e. The van der Waals surface area contributed by atoms with Crippen LogP contribution >= 0.6 is 0 Å². The van der Waals surface area contributed by atoms with Crippen LogP contribution in [0.5, 0.6) is 11.5 Å². The average molecular weight is 281 g/mol. The first-order chi connectivity index (χ1) is 9.37. The van der Waals surface area contributed by atoms with Gasteiger partial charge in [0.15, 0.2) is 0 Å². The Hall–Kier alpha value is -1.26. The monoisotopic (exact) mass is 281 g/mol. The average Bonchev–Trinajstić information content (AvgIpc) is 2.41. The Morgan fingerprint density at radius 2 is 1.85 bits per heavy atom. The van der Waals surface area contributed by atoms with Crippen molar-refractivity contribution in [3.8, 4) is 11.5 Å². The van der Waals surface area contributed by atoms with E-state index < -0.39 is 0 Å². The Bertz CT molecular complexity index is 413. The molecule has 0 aliphatic heterocycles. The fourth-order valence-corrected chi connectivity index (χ4v) is 1.81. The minimum atomic E-state index is -0.222. The van der Waals surface area contributed by atoms with E-state index in [0.29, 0.717) is 13.2 Å². The lowest BCUT2D eigenvalue weighted by atomic mass is 9.93. The minimum Gasteiger partial charge on any atom is -0.497 e. The first-order valence-corrected chi connectivity index (χ1v) is 6.92. The topological polar surface area (TPSA) is 53.7 Å². The lowest BCUT2D eigenvalue weighted by Crippen LogP contribution is -2.19. The lowest BCUT2D eigenvalue weighted by molar-refractivity contribution is 0.0969. The zero-order valence-electron chi connectivity index (χ0n) is 13.2. The zero-order valence-corrected chi connectivity index (χ0v) is 13.2. The molecule has 0 fully saturated rings.